The van der Waals surface area contributed by atoms with E-state index in [-0.39, 0.29) is 17.8 Å². The van der Waals surface area contributed by atoms with Crippen LogP contribution < -0.4 is 5.73 Å². The van der Waals surface area contributed by atoms with Gasteiger partial charge >= 0.3 is 15.4 Å². The van der Waals surface area contributed by atoms with Crippen LogP contribution in [-0.4, -0.2) is 143 Å². The van der Waals surface area contributed by atoms with Crippen molar-refractivity contribution in [2.24, 2.45) is 20.7 Å². The molecule has 0 bridgehead atoms. The second-order valence-corrected chi connectivity index (χ2v) is 13.2. The number of aliphatic imine (C=N–C) groups is 3. The highest BCUT2D eigenvalue weighted by molar-refractivity contribution is 7.54. The fraction of sp³-hybridized carbons (Fsp3) is 0.571. The molecule has 0 aromatic heterocycles. The first-order valence-corrected chi connectivity index (χ1v) is 15.9. The highest BCUT2D eigenvalue weighted by Crippen LogP contribution is 2.57. The second-order valence-electron chi connectivity index (χ2n) is 10.1. The number of carbonyl (C=O) groups excluding carboxylic acids is 2. The number of hydrogen-bond acceptors (Lipinski definition) is 16. The monoisotopic (exact) mass is 666 g/mol. The molecular formula is C21H28N6O15P2. The molecule has 2 saturated heterocycles. The lowest BCUT2D eigenvalue weighted by Crippen LogP contribution is -2.48. The molecule has 5 rings (SSSR count). The quantitative estimate of drug-likeness (QED) is 0.102. The number of rotatable bonds is 10. The largest absolute Gasteiger partial charge is 0.470 e. The minimum atomic E-state index is -5.60. The molecule has 0 spiro atoms. The van der Waals surface area contributed by atoms with Gasteiger partial charge in [0.1, 0.15) is 48.8 Å². The molecule has 0 aromatic rings. The predicted octanol–water partition coefficient (Wildman–Crippen LogP) is -4.21. The van der Waals surface area contributed by atoms with Gasteiger partial charge in [-0.15, -0.1) is 0 Å². The Bertz CT molecular complexity index is 1430. The highest BCUT2D eigenvalue weighted by atomic mass is 31.2. The predicted molar refractivity (Wildman–Crippen MR) is 142 cm³/mol. The van der Waals surface area contributed by atoms with Gasteiger partial charge in [0, 0.05) is 18.0 Å². The van der Waals surface area contributed by atoms with Crippen LogP contribution in [0, 0.1) is 0 Å². The van der Waals surface area contributed by atoms with Crippen LogP contribution in [0.4, 0.5) is 0 Å². The SMILES string of the molecule is NC(=O)C1=CN([C@@H]2O[C@H](COP(=O)(O)C(OP(=O)(O)O)[C@@H]3O[C@@H](N4C=NC5C(=O)N=CN=C54)[C@H](O)[C@@H]3O)[C@@H](O)[C@H]2O)C=CC1. The molecule has 2 amide bonds. The number of phosphoric ester groups is 1. The van der Waals surface area contributed by atoms with Gasteiger partial charge in [0.25, 0.3) is 5.91 Å². The summed E-state index contributed by atoms with van der Waals surface area (Å²) in [5.74, 6) is -4.13. The summed E-state index contributed by atoms with van der Waals surface area (Å²) in [7, 11) is -11.0. The number of allylic oxidation sites excluding steroid dienone is 1. The third kappa shape index (κ3) is 6.33. The Labute approximate surface area is 247 Å². The van der Waals surface area contributed by atoms with Gasteiger partial charge < -0.3 is 59.7 Å². The molecule has 242 valence electrons. The van der Waals surface area contributed by atoms with Crippen LogP contribution in [0.1, 0.15) is 6.42 Å². The number of phosphoric acid groups is 1. The number of nitrogens with two attached hydrogens (primary N) is 1. The van der Waals surface area contributed by atoms with Crippen LogP contribution in [0.15, 0.2) is 39.0 Å². The number of ether oxygens (including phenoxy) is 2. The number of hydrogen-bond donors (Lipinski definition) is 8. The molecular weight excluding hydrogens is 638 g/mol. The van der Waals surface area contributed by atoms with Gasteiger partial charge in [0.2, 0.25) is 5.91 Å². The van der Waals surface area contributed by atoms with Gasteiger partial charge in [-0.3, -0.25) is 28.6 Å². The molecule has 5 aliphatic rings. The Morgan fingerprint density at radius 1 is 1.09 bits per heavy atom. The van der Waals surface area contributed by atoms with Crippen molar-refractivity contribution in [3.63, 3.8) is 0 Å². The Morgan fingerprint density at radius 2 is 1.80 bits per heavy atom. The Kier molecular flexibility index (Phi) is 9.06. The van der Waals surface area contributed by atoms with Gasteiger partial charge in [-0.1, -0.05) is 6.08 Å². The summed E-state index contributed by atoms with van der Waals surface area (Å²) in [5, 5.41) is 42.4. The molecule has 9 N–H and O–H groups in total. The molecule has 21 nitrogen and oxygen atoms in total. The summed E-state index contributed by atoms with van der Waals surface area (Å²) in [4.78, 5) is 66.8. The fourth-order valence-corrected chi connectivity index (χ4v) is 7.36. The summed E-state index contributed by atoms with van der Waals surface area (Å²) in [6, 6.07) is -1.18. The Balaban J connectivity index is 1.31. The number of aliphatic hydroxyl groups excluding tert-OH is 4. The minimum absolute atomic E-state index is 0.0698. The summed E-state index contributed by atoms with van der Waals surface area (Å²) < 4.78 is 45.8. The molecule has 23 heteroatoms. The highest BCUT2D eigenvalue weighted by Gasteiger charge is 2.58. The van der Waals surface area contributed by atoms with Crippen molar-refractivity contribution in [2.75, 3.05) is 6.61 Å². The van der Waals surface area contributed by atoms with E-state index in [1.54, 1.807) is 0 Å². The van der Waals surface area contributed by atoms with E-state index in [4.69, 9.17) is 19.7 Å². The lowest BCUT2D eigenvalue weighted by Gasteiger charge is -2.30. The second kappa shape index (κ2) is 12.2. The molecule has 0 radical (unpaired) electrons. The van der Waals surface area contributed by atoms with Gasteiger partial charge in [-0.2, -0.15) is 4.99 Å². The zero-order valence-corrected chi connectivity index (χ0v) is 24.0. The molecule has 11 atom stereocenters. The van der Waals surface area contributed by atoms with Crippen LogP contribution >= 0.6 is 15.4 Å². The number of carbonyl (C=O) groups is 2. The lowest BCUT2D eigenvalue weighted by molar-refractivity contribution is -0.118. The van der Waals surface area contributed by atoms with Gasteiger partial charge in [-0.25, -0.2) is 9.56 Å². The van der Waals surface area contributed by atoms with E-state index in [1.165, 1.54) is 23.4 Å². The van der Waals surface area contributed by atoms with Crippen molar-refractivity contribution in [2.45, 2.75) is 67.4 Å². The van der Waals surface area contributed by atoms with E-state index in [1.807, 2.05) is 0 Å². The number of amides is 2. The number of amidine groups is 1. The number of primary amides is 1. The number of aliphatic hydroxyl groups is 4. The van der Waals surface area contributed by atoms with E-state index in [2.05, 4.69) is 19.5 Å². The summed E-state index contributed by atoms with van der Waals surface area (Å²) in [6.45, 7) is -0.957. The fourth-order valence-electron chi connectivity index (χ4n) is 4.99. The maximum absolute atomic E-state index is 13.4. The zero-order chi connectivity index (χ0) is 32.1. The molecule has 5 aliphatic heterocycles. The first kappa shape index (κ1) is 32.6. The van der Waals surface area contributed by atoms with Gasteiger partial charge in [0.15, 0.2) is 24.3 Å². The number of fused-ring (bicyclic) bond motifs is 1. The average molecular weight is 666 g/mol. The summed E-state index contributed by atoms with van der Waals surface area (Å²) in [5.41, 5.74) is 5.45. The van der Waals surface area contributed by atoms with Crippen molar-refractivity contribution in [3.05, 3.63) is 24.0 Å². The third-order valence-corrected chi connectivity index (χ3v) is 9.38. The van der Waals surface area contributed by atoms with Crippen molar-refractivity contribution < 1.29 is 72.3 Å². The van der Waals surface area contributed by atoms with Crippen molar-refractivity contribution in [1.29, 1.82) is 0 Å². The van der Waals surface area contributed by atoms with E-state index >= 15 is 0 Å². The first-order valence-electron chi connectivity index (χ1n) is 12.7. The summed E-state index contributed by atoms with van der Waals surface area (Å²) in [6.07, 6.45) is -7.52. The molecule has 3 unspecified atom stereocenters. The van der Waals surface area contributed by atoms with Crippen LogP contribution in [0.25, 0.3) is 0 Å². The smallest absolute Gasteiger partial charge is 0.387 e. The molecule has 2 fully saturated rings. The van der Waals surface area contributed by atoms with Crippen LogP contribution in [0.5, 0.6) is 0 Å². The van der Waals surface area contributed by atoms with Gasteiger partial charge in [0.05, 0.1) is 12.9 Å². The topological polar surface area (TPSA) is 316 Å². The Hall–Kier alpha value is -2.75. The lowest BCUT2D eigenvalue weighted by atomic mass is 10.1. The molecule has 0 aliphatic carbocycles. The van der Waals surface area contributed by atoms with Gasteiger partial charge in [-0.05, 0) is 6.42 Å². The van der Waals surface area contributed by atoms with Crippen molar-refractivity contribution >= 4 is 45.7 Å². The first-order chi connectivity index (χ1) is 20.6. The molecule has 44 heavy (non-hydrogen) atoms. The number of nitrogens with zero attached hydrogens (tertiary/aromatic N) is 5. The van der Waals surface area contributed by atoms with Crippen LogP contribution in [-0.2, 0) is 37.2 Å². The maximum atomic E-state index is 13.4. The van der Waals surface area contributed by atoms with Crippen molar-refractivity contribution in [1.82, 2.24) is 9.80 Å². The van der Waals surface area contributed by atoms with E-state index in [0.717, 1.165) is 17.6 Å². The van der Waals surface area contributed by atoms with Crippen LogP contribution in [0.3, 0.4) is 0 Å². The van der Waals surface area contributed by atoms with Crippen LogP contribution in [0.2, 0.25) is 0 Å². The molecule has 5 heterocycles. The molecule has 0 saturated carbocycles. The third-order valence-electron chi connectivity index (χ3n) is 7.15. The van der Waals surface area contributed by atoms with E-state index in [0.29, 0.717) is 0 Å². The average Bonchev–Trinajstić information content (AvgIpc) is 3.60. The Morgan fingerprint density at radius 3 is 2.48 bits per heavy atom. The molecule has 0 aromatic carbocycles. The van der Waals surface area contributed by atoms with E-state index < -0.39 is 94.8 Å². The normalized spacial score (nSPS) is 37.2. The minimum Gasteiger partial charge on any atom is -0.387 e. The maximum Gasteiger partial charge on any atom is 0.470 e. The van der Waals surface area contributed by atoms with Crippen molar-refractivity contribution in [3.8, 4) is 0 Å². The summed E-state index contributed by atoms with van der Waals surface area (Å²) >= 11 is 0. The zero-order valence-electron chi connectivity index (χ0n) is 22.2. The van der Waals surface area contributed by atoms with E-state index in [9.17, 15) is 53.8 Å². The standard InChI is InChI=1S/C21H28N6O15P2/c22-16(32)8-2-1-3-26(4-8)19-13(30)11(28)9(40-19)5-39-43(34,35)21(42-44(36,37)38)15-12(29)14(31)20(41-15)27-7-25-10-17(27)23-6-24-18(10)33/h1,3-4,6-7,9-15,19-21,28-31H,2,5H2,(H2,22,32)(H,34,35)(H2,36,37,38)/t9-,10?,11-,12+,13-,14-,15-,19-,20-,21?/m1/s1.